The van der Waals surface area contributed by atoms with Gasteiger partial charge in [-0.15, -0.1) is 0 Å². The lowest BCUT2D eigenvalue weighted by Gasteiger charge is -2.46. The van der Waals surface area contributed by atoms with Gasteiger partial charge < -0.3 is 9.80 Å². The highest BCUT2D eigenvalue weighted by Gasteiger charge is 2.35. The summed E-state index contributed by atoms with van der Waals surface area (Å²) in [6, 6.07) is 15.1. The summed E-state index contributed by atoms with van der Waals surface area (Å²) in [6.45, 7) is 1.71. The second-order valence-corrected chi connectivity index (χ2v) is 8.87. The number of rotatable bonds is 3. The number of piperidine rings is 1. The summed E-state index contributed by atoms with van der Waals surface area (Å²) < 4.78 is 22.5. The van der Waals surface area contributed by atoms with E-state index in [0.717, 1.165) is 24.3 Å². The Kier molecular flexibility index (Phi) is 4.65. The fourth-order valence-corrected chi connectivity index (χ4v) is 4.73. The first kappa shape index (κ1) is 18.0. The van der Waals surface area contributed by atoms with Crippen LogP contribution in [0.2, 0.25) is 0 Å². The van der Waals surface area contributed by atoms with Crippen LogP contribution in [0.15, 0.2) is 48.5 Å². The van der Waals surface area contributed by atoms with E-state index in [1.54, 1.807) is 24.3 Å². The molecule has 1 saturated heterocycles. The summed E-state index contributed by atoms with van der Waals surface area (Å²) in [6.07, 6.45) is 3.46. The molecule has 6 nitrogen and oxygen atoms in total. The van der Waals surface area contributed by atoms with E-state index in [-0.39, 0.29) is 11.7 Å². The van der Waals surface area contributed by atoms with Crippen molar-refractivity contribution in [1.82, 2.24) is 0 Å². The van der Waals surface area contributed by atoms with E-state index in [9.17, 15) is 13.2 Å². The van der Waals surface area contributed by atoms with E-state index in [2.05, 4.69) is 11.0 Å². The Bertz CT molecular complexity index is 957. The van der Waals surface area contributed by atoms with Crippen molar-refractivity contribution in [3.05, 3.63) is 59.7 Å². The lowest BCUT2D eigenvalue weighted by atomic mass is 9.96. The third-order valence-electron chi connectivity index (χ3n) is 5.32. The number of hydrogen-bond donors (Lipinski definition) is 1. The van der Waals surface area contributed by atoms with E-state index in [1.165, 1.54) is 12.8 Å². The molecule has 2 aliphatic rings. The largest absolute Gasteiger partial charge is 0.365 e. The zero-order chi connectivity index (χ0) is 19.0. The highest BCUT2D eigenvalue weighted by Crippen LogP contribution is 2.39. The summed E-state index contributed by atoms with van der Waals surface area (Å²) in [5.74, 6) is -0.291. The van der Waals surface area contributed by atoms with Crippen molar-refractivity contribution in [2.75, 3.05) is 22.9 Å². The van der Waals surface area contributed by atoms with Crippen molar-refractivity contribution in [3.63, 3.8) is 0 Å². The number of hydrogen-bond acceptors (Lipinski definition) is 4. The predicted octanol–water partition coefficient (Wildman–Crippen LogP) is 2.49. The minimum absolute atomic E-state index is 0.0603. The molecule has 1 fully saturated rings. The molecule has 27 heavy (non-hydrogen) atoms. The number of fused-ring (bicyclic) bond motifs is 3. The van der Waals surface area contributed by atoms with Crippen LogP contribution in [-0.4, -0.2) is 33.5 Å². The molecule has 2 aliphatic heterocycles. The molecular weight excluding hydrogens is 362 g/mol. The summed E-state index contributed by atoms with van der Waals surface area (Å²) in [7, 11) is -3.58. The summed E-state index contributed by atoms with van der Waals surface area (Å²) in [5.41, 5.74) is 3.18. The van der Waals surface area contributed by atoms with Crippen molar-refractivity contribution >= 4 is 27.3 Å². The number of sulfonamides is 1. The first-order valence-corrected chi connectivity index (χ1v) is 10.9. The monoisotopic (exact) mass is 385 g/mol. The number of primary sulfonamides is 1. The Balaban J connectivity index is 1.63. The quantitative estimate of drug-likeness (QED) is 0.880. The van der Waals surface area contributed by atoms with Gasteiger partial charge in [0.05, 0.1) is 17.1 Å². The highest BCUT2D eigenvalue weighted by atomic mass is 32.2. The Labute approximate surface area is 159 Å². The van der Waals surface area contributed by atoms with E-state index >= 15 is 0 Å². The minimum atomic E-state index is -3.58. The van der Waals surface area contributed by atoms with Gasteiger partial charge in [-0.05, 0) is 49.1 Å². The molecule has 0 aromatic heterocycles. The zero-order valence-corrected chi connectivity index (χ0v) is 15.9. The summed E-state index contributed by atoms with van der Waals surface area (Å²) in [5, 5.41) is 5.09. The van der Waals surface area contributed by atoms with Gasteiger partial charge in [-0.25, -0.2) is 13.6 Å². The first-order chi connectivity index (χ1) is 12.9. The first-order valence-electron chi connectivity index (χ1n) is 9.19. The lowest BCUT2D eigenvalue weighted by molar-refractivity contribution is 0.0982. The Morgan fingerprint density at radius 2 is 1.74 bits per heavy atom. The average Bonchev–Trinajstić information content (AvgIpc) is 2.66. The second kappa shape index (κ2) is 6.98. The molecule has 2 heterocycles. The predicted molar refractivity (Wildman–Crippen MR) is 106 cm³/mol. The van der Waals surface area contributed by atoms with E-state index < -0.39 is 10.0 Å². The third kappa shape index (κ3) is 3.70. The molecule has 2 aromatic rings. The molecule has 2 N–H and O–H groups in total. The van der Waals surface area contributed by atoms with Gasteiger partial charge >= 0.3 is 0 Å². The van der Waals surface area contributed by atoms with Crippen LogP contribution < -0.4 is 14.9 Å². The van der Waals surface area contributed by atoms with Crippen LogP contribution in [0, 0.1) is 0 Å². The van der Waals surface area contributed by atoms with E-state index in [0.29, 0.717) is 23.7 Å². The Morgan fingerprint density at radius 1 is 1.04 bits per heavy atom. The standard InChI is InChI=1S/C20H23N3O3S/c21-27(25,26)14-15-8-10-16(11-9-15)20(24)23-13-17-5-3-4-12-22(17)18-6-1-2-7-19(18)23/h1-2,6-11,17H,3-5,12-14H2,(H2,21,25,26). The number of amides is 1. The maximum Gasteiger partial charge on any atom is 0.258 e. The van der Waals surface area contributed by atoms with Gasteiger partial charge in [-0.2, -0.15) is 0 Å². The van der Waals surface area contributed by atoms with Crippen molar-refractivity contribution in [3.8, 4) is 0 Å². The fourth-order valence-electron chi connectivity index (χ4n) is 4.08. The normalized spacial score (nSPS) is 19.4. The van der Waals surface area contributed by atoms with Gasteiger partial charge in [-0.3, -0.25) is 4.79 Å². The maximum absolute atomic E-state index is 13.2. The van der Waals surface area contributed by atoms with Crippen LogP contribution in [0.4, 0.5) is 11.4 Å². The maximum atomic E-state index is 13.2. The van der Waals surface area contributed by atoms with Crippen molar-refractivity contribution < 1.29 is 13.2 Å². The topological polar surface area (TPSA) is 83.7 Å². The molecule has 1 atom stereocenters. The summed E-state index contributed by atoms with van der Waals surface area (Å²) in [4.78, 5) is 17.5. The van der Waals surface area contributed by atoms with Gasteiger partial charge in [0.15, 0.2) is 0 Å². The molecule has 0 radical (unpaired) electrons. The average molecular weight is 385 g/mol. The minimum Gasteiger partial charge on any atom is -0.365 e. The number of anilines is 2. The third-order valence-corrected chi connectivity index (χ3v) is 6.05. The molecule has 2 aromatic carbocycles. The van der Waals surface area contributed by atoms with Gasteiger partial charge in [0.25, 0.3) is 5.91 Å². The highest BCUT2D eigenvalue weighted by molar-refractivity contribution is 7.88. The number of benzene rings is 2. The SMILES string of the molecule is NS(=O)(=O)Cc1ccc(C(=O)N2CC3CCCCN3c3ccccc32)cc1. The second-order valence-electron chi connectivity index (χ2n) is 7.25. The van der Waals surface area contributed by atoms with Crippen LogP contribution in [-0.2, 0) is 15.8 Å². The number of para-hydroxylation sites is 2. The van der Waals surface area contributed by atoms with Crippen LogP contribution in [0.3, 0.4) is 0 Å². The fraction of sp³-hybridized carbons (Fsp3) is 0.350. The van der Waals surface area contributed by atoms with Gasteiger partial charge in [-0.1, -0.05) is 24.3 Å². The Hall–Kier alpha value is -2.38. The van der Waals surface area contributed by atoms with Crippen LogP contribution in [0.25, 0.3) is 0 Å². The number of nitrogens with two attached hydrogens (primary N) is 1. The molecule has 1 unspecified atom stereocenters. The molecule has 0 saturated carbocycles. The smallest absolute Gasteiger partial charge is 0.258 e. The number of carbonyl (C=O) groups is 1. The van der Waals surface area contributed by atoms with E-state index in [1.807, 2.05) is 23.1 Å². The zero-order valence-electron chi connectivity index (χ0n) is 15.0. The van der Waals surface area contributed by atoms with Crippen molar-refractivity contribution in [2.24, 2.45) is 5.14 Å². The molecule has 7 heteroatoms. The molecule has 4 rings (SSSR count). The van der Waals surface area contributed by atoms with Crippen LogP contribution in [0.5, 0.6) is 0 Å². The number of nitrogens with zero attached hydrogens (tertiary/aromatic N) is 2. The molecule has 0 bridgehead atoms. The van der Waals surface area contributed by atoms with E-state index in [4.69, 9.17) is 5.14 Å². The van der Waals surface area contributed by atoms with Gasteiger partial charge in [0.1, 0.15) is 0 Å². The summed E-state index contributed by atoms with van der Waals surface area (Å²) >= 11 is 0. The van der Waals surface area contributed by atoms with Crippen LogP contribution in [0.1, 0.15) is 35.2 Å². The Morgan fingerprint density at radius 3 is 2.44 bits per heavy atom. The number of carbonyl (C=O) groups excluding carboxylic acids is 1. The molecule has 142 valence electrons. The van der Waals surface area contributed by atoms with Crippen LogP contribution >= 0.6 is 0 Å². The molecule has 0 aliphatic carbocycles. The molecule has 0 spiro atoms. The van der Waals surface area contributed by atoms with Crippen molar-refractivity contribution in [1.29, 1.82) is 0 Å². The molecular formula is C20H23N3O3S. The lowest BCUT2D eigenvalue weighted by Crippen LogP contribution is -2.52. The van der Waals surface area contributed by atoms with Gasteiger partial charge in [0.2, 0.25) is 10.0 Å². The molecule has 1 amide bonds. The van der Waals surface area contributed by atoms with Crippen molar-refractivity contribution in [2.45, 2.75) is 31.1 Å². The van der Waals surface area contributed by atoms with Gasteiger partial charge in [0, 0.05) is 24.7 Å².